The van der Waals surface area contributed by atoms with Gasteiger partial charge in [-0.2, -0.15) is 0 Å². The van der Waals surface area contributed by atoms with E-state index in [1.165, 1.54) is 0 Å². The largest absolute Gasteiger partial charge is 0.482 e. The predicted octanol–water partition coefficient (Wildman–Crippen LogP) is 5.37. The van der Waals surface area contributed by atoms with Crippen molar-refractivity contribution >= 4 is 19.9 Å². The fourth-order valence-electron chi connectivity index (χ4n) is 2.60. The lowest BCUT2D eigenvalue weighted by atomic mass is 10.0. The maximum Gasteiger partial charge on any atom is 0.184 e. The molecule has 0 unspecified atom stereocenters. The lowest BCUT2D eigenvalue weighted by molar-refractivity contribution is 0.0809. The molecule has 2 nitrogen and oxygen atoms in total. The summed E-state index contributed by atoms with van der Waals surface area (Å²) in [5.74, 6) is 0.872. The third-order valence-corrected chi connectivity index (χ3v) is 4.61. The second kappa shape index (κ2) is 5.48. The fraction of sp³-hybridized carbons (Fsp3) is 0.294. The summed E-state index contributed by atoms with van der Waals surface area (Å²) in [4.78, 5) is 0. The molecule has 0 radical (unpaired) electrons. The zero-order valence-electron chi connectivity index (χ0n) is 12.5. The first-order valence-electron chi connectivity index (χ1n) is 7.13. The van der Waals surface area contributed by atoms with E-state index in [2.05, 4.69) is 31.8 Å². The molecule has 2 aromatic rings. The molecule has 1 aliphatic heterocycles. The van der Waals surface area contributed by atoms with Crippen molar-refractivity contribution in [2.75, 3.05) is 0 Å². The standard InChI is InChI=1S/C17H19ClO2Si/c1-21(2,3)20-17-14-11-13(18)9-10-15(14)19-16(17)12-7-5-4-6-8-12/h4-11,16-17H,1-3H3/t16-,17-/m1/s1. The van der Waals surface area contributed by atoms with Gasteiger partial charge in [0.1, 0.15) is 11.9 Å². The van der Waals surface area contributed by atoms with Gasteiger partial charge in [0.25, 0.3) is 0 Å². The molecule has 3 rings (SSSR count). The maximum atomic E-state index is 6.40. The van der Waals surface area contributed by atoms with Crippen LogP contribution in [0.15, 0.2) is 48.5 Å². The molecule has 0 bridgehead atoms. The molecular weight excluding hydrogens is 300 g/mol. The Morgan fingerprint density at radius 3 is 2.43 bits per heavy atom. The number of hydrogen-bond acceptors (Lipinski definition) is 2. The number of ether oxygens (including phenoxy) is 1. The Labute approximate surface area is 131 Å². The molecule has 21 heavy (non-hydrogen) atoms. The van der Waals surface area contributed by atoms with Crippen LogP contribution in [0.1, 0.15) is 23.3 Å². The van der Waals surface area contributed by atoms with Gasteiger partial charge >= 0.3 is 0 Å². The average Bonchev–Trinajstić information content (AvgIpc) is 2.76. The minimum atomic E-state index is -1.71. The molecule has 0 fully saturated rings. The summed E-state index contributed by atoms with van der Waals surface area (Å²) in [7, 11) is -1.71. The second-order valence-electron chi connectivity index (χ2n) is 6.28. The molecule has 2 atom stereocenters. The molecule has 110 valence electrons. The average molecular weight is 319 g/mol. The van der Waals surface area contributed by atoms with Gasteiger partial charge in [-0.1, -0.05) is 41.9 Å². The van der Waals surface area contributed by atoms with Crippen LogP contribution in [-0.2, 0) is 4.43 Å². The molecule has 0 spiro atoms. The first-order valence-corrected chi connectivity index (χ1v) is 10.9. The first-order chi connectivity index (χ1) is 9.94. The normalized spacial score (nSPS) is 21.0. The molecule has 1 heterocycles. The van der Waals surface area contributed by atoms with Gasteiger partial charge in [0.15, 0.2) is 14.4 Å². The summed E-state index contributed by atoms with van der Waals surface area (Å²) < 4.78 is 12.5. The molecule has 2 aromatic carbocycles. The highest BCUT2D eigenvalue weighted by atomic mass is 35.5. The number of benzene rings is 2. The molecule has 0 N–H and O–H groups in total. The maximum absolute atomic E-state index is 6.40. The van der Waals surface area contributed by atoms with Crippen LogP contribution < -0.4 is 4.74 Å². The lowest BCUT2D eigenvalue weighted by Crippen LogP contribution is -2.30. The fourth-order valence-corrected chi connectivity index (χ4v) is 3.80. The van der Waals surface area contributed by atoms with Crippen molar-refractivity contribution in [3.05, 3.63) is 64.7 Å². The van der Waals surface area contributed by atoms with Crippen LogP contribution in [-0.4, -0.2) is 8.32 Å². The highest BCUT2D eigenvalue weighted by Gasteiger charge is 2.39. The van der Waals surface area contributed by atoms with E-state index < -0.39 is 8.32 Å². The van der Waals surface area contributed by atoms with Gasteiger partial charge in [0.2, 0.25) is 0 Å². The van der Waals surface area contributed by atoms with Crippen molar-refractivity contribution in [2.45, 2.75) is 31.8 Å². The molecule has 0 aromatic heterocycles. The Morgan fingerprint density at radius 2 is 1.76 bits per heavy atom. The summed E-state index contributed by atoms with van der Waals surface area (Å²) in [6.45, 7) is 6.58. The van der Waals surface area contributed by atoms with E-state index in [0.29, 0.717) is 0 Å². The van der Waals surface area contributed by atoms with Crippen LogP contribution in [0.25, 0.3) is 0 Å². The van der Waals surface area contributed by atoms with Crippen molar-refractivity contribution in [2.24, 2.45) is 0 Å². The van der Waals surface area contributed by atoms with E-state index in [4.69, 9.17) is 20.8 Å². The van der Waals surface area contributed by atoms with Gasteiger partial charge < -0.3 is 9.16 Å². The van der Waals surface area contributed by atoms with Gasteiger partial charge in [0.05, 0.1) is 0 Å². The summed E-state index contributed by atoms with van der Waals surface area (Å²) in [6, 6.07) is 16.0. The van der Waals surface area contributed by atoms with E-state index in [-0.39, 0.29) is 12.2 Å². The Kier molecular flexibility index (Phi) is 3.82. The molecule has 1 aliphatic rings. The smallest absolute Gasteiger partial charge is 0.184 e. The molecule has 0 amide bonds. The van der Waals surface area contributed by atoms with E-state index in [9.17, 15) is 0 Å². The third-order valence-electron chi connectivity index (χ3n) is 3.42. The number of halogens is 1. The van der Waals surface area contributed by atoms with Crippen LogP contribution in [0.2, 0.25) is 24.7 Å². The van der Waals surface area contributed by atoms with Gasteiger partial charge in [-0.05, 0) is 43.4 Å². The van der Waals surface area contributed by atoms with E-state index in [1.54, 1.807) is 0 Å². The SMILES string of the molecule is C[Si](C)(C)O[C@@H]1c2cc(Cl)ccc2O[C@@H]1c1ccccc1. The Bertz CT molecular complexity index is 637. The van der Waals surface area contributed by atoms with Crippen molar-refractivity contribution in [3.8, 4) is 5.75 Å². The molecule has 0 aliphatic carbocycles. The minimum Gasteiger partial charge on any atom is -0.482 e. The van der Waals surface area contributed by atoms with Gasteiger partial charge in [-0.15, -0.1) is 0 Å². The highest BCUT2D eigenvalue weighted by Crippen LogP contribution is 2.48. The first kappa shape index (κ1) is 14.6. The third kappa shape index (κ3) is 3.15. The van der Waals surface area contributed by atoms with Crippen molar-refractivity contribution in [1.82, 2.24) is 0 Å². The van der Waals surface area contributed by atoms with Gasteiger partial charge in [-0.25, -0.2) is 0 Å². The quantitative estimate of drug-likeness (QED) is 0.709. The highest BCUT2D eigenvalue weighted by molar-refractivity contribution is 6.69. The summed E-state index contributed by atoms with van der Waals surface area (Å²) in [6.07, 6.45) is -0.195. The number of fused-ring (bicyclic) bond motifs is 1. The lowest BCUT2D eigenvalue weighted by Gasteiger charge is -2.27. The summed E-state index contributed by atoms with van der Waals surface area (Å²) >= 11 is 6.15. The van der Waals surface area contributed by atoms with E-state index >= 15 is 0 Å². The topological polar surface area (TPSA) is 18.5 Å². The minimum absolute atomic E-state index is 0.0900. The molecule has 4 heteroatoms. The van der Waals surface area contributed by atoms with Crippen LogP contribution in [0.3, 0.4) is 0 Å². The Balaban J connectivity index is 2.02. The molecular formula is C17H19ClO2Si. The van der Waals surface area contributed by atoms with Gasteiger partial charge in [0, 0.05) is 10.6 Å². The predicted molar refractivity (Wildman–Crippen MR) is 88.4 cm³/mol. The number of hydrogen-bond donors (Lipinski definition) is 0. The summed E-state index contributed by atoms with van der Waals surface area (Å²) in [5, 5.41) is 0.718. The zero-order chi connectivity index (χ0) is 15.0. The van der Waals surface area contributed by atoms with Crippen LogP contribution >= 0.6 is 11.6 Å². The Morgan fingerprint density at radius 1 is 1.05 bits per heavy atom. The zero-order valence-corrected chi connectivity index (χ0v) is 14.2. The Hall–Kier alpha value is -1.29. The van der Waals surface area contributed by atoms with E-state index in [1.807, 2.05) is 36.4 Å². The van der Waals surface area contributed by atoms with Crippen LogP contribution in [0, 0.1) is 0 Å². The van der Waals surface area contributed by atoms with Crippen molar-refractivity contribution in [3.63, 3.8) is 0 Å². The van der Waals surface area contributed by atoms with Gasteiger partial charge in [-0.3, -0.25) is 0 Å². The van der Waals surface area contributed by atoms with Crippen molar-refractivity contribution in [1.29, 1.82) is 0 Å². The summed E-state index contributed by atoms with van der Waals surface area (Å²) in [5.41, 5.74) is 2.19. The number of rotatable bonds is 3. The monoisotopic (exact) mass is 318 g/mol. The van der Waals surface area contributed by atoms with E-state index in [0.717, 1.165) is 21.9 Å². The van der Waals surface area contributed by atoms with Crippen LogP contribution in [0.5, 0.6) is 5.75 Å². The van der Waals surface area contributed by atoms with Crippen LogP contribution in [0.4, 0.5) is 0 Å². The molecule has 0 saturated carbocycles. The van der Waals surface area contributed by atoms with Crippen molar-refractivity contribution < 1.29 is 9.16 Å². The molecule has 0 saturated heterocycles. The second-order valence-corrected chi connectivity index (χ2v) is 11.2.